The number of piperidine rings is 1. The molecule has 0 aromatic carbocycles. The van der Waals surface area contributed by atoms with Gasteiger partial charge in [-0.3, -0.25) is 4.90 Å². The summed E-state index contributed by atoms with van der Waals surface area (Å²) >= 11 is 0. The van der Waals surface area contributed by atoms with Crippen molar-refractivity contribution in [3.8, 4) is 0 Å². The van der Waals surface area contributed by atoms with Gasteiger partial charge in [-0.15, -0.1) is 0 Å². The second-order valence-corrected chi connectivity index (χ2v) is 6.33. The minimum Gasteiger partial charge on any atom is -0.465 e. The third-order valence-corrected chi connectivity index (χ3v) is 5.05. The predicted octanol–water partition coefficient (Wildman–Crippen LogP) is 3.06. The normalized spacial score (nSPS) is 28.3. The Balaban J connectivity index is 1.60. The molecule has 2 heterocycles. The van der Waals surface area contributed by atoms with E-state index in [-0.39, 0.29) is 0 Å². The van der Waals surface area contributed by atoms with Crippen LogP contribution in [0.25, 0.3) is 0 Å². The molecule has 2 unspecified atom stereocenters. The number of nitrogens with zero attached hydrogens (tertiary/aromatic N) is 1. The maximum atomic E-state index is 5.82. The Morgan fingerprint density at radius 2 is 2.05 bits per heavy atom. The van der Waals surface area contributed by atoms with E-state index in [9.17, 15) is 0 Å². The number of hydrogen-bond acceptors (Lipinski definition) is 3. The molecule has 2 fully saturated rings. The molecule has 1 aliphatic carbocycles. The maximum Gasteiger partial charge on any atom is 0.118 e. The fourth-order valence-electron chi connectivity index (χ4n) is 3.91. The van der Waals surface area contributed by atoms with Crippen LogP contribution in [0.2, 0.25) is 0 Å². The summed E-state index contributed by atoms with van der Waals surface area (Å²) in [5, 5.41) is 0. The molecule has 2 N–H and O–H groups in total. The van der Waals surface area contributed by atoms with Crippen LogP contribution in [0.5, 0.6) is 0 Å². The molecular formula is C16H26N2O. The molecule has 1 saturated carbocycles. The Morgan fingerprint density at radius 3 is 2.79 bits per heavy atom. The van der Waals surface area contributed by atoms with E-state index in [0.29, 0.717) is 6.54 Å². The standard InChI is InChI=1S/C16H26N2O/c1-12-15(9-17)8-16(19-12)11-18-7-6-13-4-2-3-5-14(13)10-18/h8,13-14H,2-7,9-11,17H2,1H3. The predicted molar refractivity (Wildman–Crippen MR) is 76.7 cm³/mol. The molecule has 106 valence electrons. The summed E-state index contributed by atoms with van der Waals surface area (Å²) in [7, 11) is 0. The first-order chi connectivity index (χ1) is 9.26. The van der Waals surface area contributed by atoms with Crippen molar-refractivity contribution in [2.45, 2.75) is 52.1 Å². The van der Waals surface area contributed by atoms with Gasteiger partial charge >= 0.3 is 0 Å². The van der Waals surface area contributed by atoms with Gasteiger partial charge in [-0.2, -0.15) is 0 Å². The highest BCUT2D eigenvalue weighted by Crippen LogP contribution is 2.36. The summed E-state index contributed by atoms with van der Waals surface area (Å²) < 4.78 is 5.82. The molecule has 3 nitrogen and oxygen atoms in total. The number of nitrogens with two attached hydrogens (primary N) is 1. The van der Waals surface area contributed by atoms with Gasteiger partial charge in [0, 0.05) is 18.7 Å². The molecule has 1 aromatic heterocycles. The van der Waals surface area contributed by atoms with Crippen LogP contribution < -0.4 is 5.73 Å². The Bertz CT molecular complexity index is 426. The second-order valence-electron chi connectivity index (χ2n) is 6.33. The molecule has 0 amide bonds. The molecule has 0 bridgehead atoms. The minimum absolute atomic E-state index is 0.583. The highest BCUT2D eigenvalue weighted by Gasteiger charge is 2.31. The number of hydrogen-bond donors (Lipinski definition) is 1. The summed E-state index contributed by atoms with van der Waals surface area (Å²) in [5.74, 6) is 4.02. The quantitative estimate of drug-likeness (QED) is 0.910. The number of rotatable bonds is 3. The van der Waals surface area contributed by atoms with E-state index in [4.69, 9.17) is 10.2 Å². The lowest BCUT2D eigenvalue weighted by Gasteiger charge is -2.41. The average Bonchev–Trinajstić information content (AvgIpc) is 2.78. The Kier molecular flexibility index (Phi) is 3.94. The lowest BCUT2D eigenvalue weighted by atomic mass is 9.75. The van der Waals surface area contributed by atoms with Crippen molar-refractivity contribution in [2.24, 2.45) is 17.6 Å². The van der Waals surface area contributed by atoms with Crippen molar-refractivity contribution in [1.82, 2.24) is 4.90 Å². The summed E-state index contributed by atoms with van der Waals surface area (Å²) in [5.41, 5.74) is 6.87. The number of aryl methyl sites for hydroxylation is 1. The summed E-state index contributed by atoms with van der Waals surface area (Å²) in [6, 6.07) is 2.14. The second kappa shape index (κ2) is 5.68. The van der Waals surface area contributed by atoms with E-state index >= 15 is 0 Å². The van der Waals surface area contributed by atoms with Crippen LogP contribution >= 0.6 is 0 Å². The van der Waals surface area contributed by atoms with E-state index in [0.717, 1.165) is 35.5 Å². The minimum atomic E-state index is 0.583. The first-order valence-corrected chi connectivity index (χ1v) is 7.77. The number of likely N-dealkylation sites (tertiary alicyclic amines) is 1. The SMILES string of the molecule is Cc1oc(CN2CCC3CCCCC3C2)cc1CN. The van der Waals surface area contributed by atoms with Crippen molar-refractivity contribution in [3.05, 3.63) is 23.2 Å². The fraction of sp³-hybridized carbons (Fsp3) is 0.750. The fourth-order valence-corrected chi connectivity index (χ4v) is 3.91. The molecule has 2 atom stereocenters. The third kappa shape index (κ3) is 2.87. The van der Waals surface area contributed by atoms with Crippen LogP contribution in [0.1, 0.15) is 49.2 Å². The van der Waals surface area contributed by atoms with Gasteiger partial charge in [0.2, 0.25) is 0 Å². The van der Waals surface area contributed by atoms with Gasteiger partial charge in [0.15, 0.2) is 0 Å². The summed E-state index contributed by atoms with van der Waals surface area (Å²) in [4.78, 5) is 2.57. The molecule has 2 aliphatic rings. The van der Waals surface area contributed by atoms with E-state index in [1.54, 1.807) is 0 Å². The largest absolute Gasteiger partial charge is 0.465 e. The highest BCUT2D eigenvalue weighted by atomic mass is 16.3. The van der Waals surface area contributed by atoms with Gasteiger partial charge in [-0.05, 0) is 44.2 Å². The monoisotopic (exact) mass is 262 g/mol. The molecule has 1 aromatic rings. The lowest BCUT2D eigenvalue weighted by Crippen LogP contribution is -2.41. The third-order valence-electron chi connectivity index (χ3n) is 5.05. The van der Waals surface area contributed by atoms with E-state index in [2.05, 4.69) is 11.0 Å². The van der Waals surface area contributed by atoms with Gasteiger partial charge in [0.05, 0.1) is 6.54 Å². The zero-order chi connectivity index (χ0) is 13.2. The number of fused-ring (bicyclic) bond motifs is 1. The van der Waals surface area contributed by atoms with Crippen LogP contribution in [-0.2, 0) is 13.1 Å². The van der Waals surface area contributed by atoms with E-state index in [1.807, 2.05) is 6.92 Å². The molecule has 19 heavy (non-hydrogen) atoms. The molecule has 1 aliphatic heterocycles. The van der Waals surface area contributed by atoms with Gasteiger partial charge in [-0.1, -0.05) is 19.3 Å². The molecule has 0 spiro atoms. The first kappa shape index (κ1) is 13.2. The highest BCUT2D eigenvalue weighted by molar-refractivity contribution is 5.20. The van der Waals surface area contributed by atoms with Gasteiger partial charge in [0.1, 0.15) is 11.5 Å². The van der Waals surface area contributed by atoms with Crippen molar-refractivity contribution < 1.29 is 4.42 Å². The maximum absolute atomic E-state index is 5.82. The van der Waals surface area contributed by atoms with Crippen molar-refractivity contribution in [1.29, 1.82) is 0 Å². The number of furan rings is 1. The van der Waals surface area contributed by atoms with Crippen molar-refractivity contribution >= 4 is 0 Å². The van der Waals surface area contributed by atoms with Crippen LogP contribution in [-0.4, -0.2) is 18.0 Å². The summed E-state index contributed by atoms with van der Waals surface area (Å²) in [6.07, 6.45) is 7.18. The Labute approximate surface area is 116 Å². The molecular weight excluding hydrogens is 236 g/mol. The van der Waals surface area contributed by atoms with Crippen LogP contribution in [0.4, 0.5) is 0 Å². The Hall–Kier alpha value is -0.800. The van der Waals surface area contributed by atoms with Crippen LogP contribution in [0, 0.1) is 18.8 Å². The van der Waals surface area contributed by atoms with Crippen molar-refractivity contribution in [3.63, 3.8) is 0 Å². The van der Waals surface area contributed by atoms with Crippen LogP contribution in [0.3, 0.4) is 0 Å². The zero-order valence-corrected chi connectivity index (χ0v) is 12.0. The summed E-state index contributed by atoms with van der Waals surface area (Å²) in [6.45, 7) is 6.06. The molecule has 3 rings (SSSR count). The average molecular weight is 262 g/mol. The topological polar surface area (TPSA) is 42.4 Å². The zero-order valence-electron chi connectivity index (χ0n) is 12.0. The van der Waals surface area contributed by atoms with Gasteiger partial charge in [-0.25, -0.2) is 0 Å². The van der Waals surface area contributed by atoms with Crippen molar-refractivity contribution in [2.75, 3.05) is 13.1 Å². The lowest BCUT2D eigenvalue weighted by molar-refractivity contribution is 0.0772. The Morgan fingerprint density at radius 1 is 1.26 bits per heavy atom. The molecule has 3 heteroatoms. The van der Waals surface area contributed by atoms with E-state index < -0.39 is 0 Å². The molecule has 0 radical (unpaired) electrons. The van der Waals surface area contributed by atoms with Gasteiger partial charge < -0.3 is 10.2 Å². The van der Waals surface area contributed by atoms with Gasteiger partial charge in [0.25, 0.3) is 0 Å². The van der Waals surface area contributed by atoms with E-state index in [1.165, 1.54) is 45.2 Å². The molecule has 1 saturated heterocycles. The smallest absolute Gasteiger partial charge is 0.118 e. The first-order valence-electron chi connectivity index (χ1n) is 7.77. The van der Waals surface area contributed by atoms with Crippen LogP contribution in [0.15, 0.2) is 10.5 Å².